The lowest BCUT2D eigenvalue weighted by Gasteiger charge is -2.13. The van der Waals surface area contributed by atoms with Gasteiger partial charge in [0.15, 0.2) is 0 Å². The number of amides is 2. The first-order chi connectivity index (χ1) is 13.9. The summed E-state index contributed by atoms with van der Waals surface area (Å²) in [6.45, 7) is 0. The molecule has 2 rings (SSSR count). The van der Waals surface area contributed by atoms with Gasteiger partial charge in [0, 0.05) is 11.8 Å². The van der Waals surface area contributed by atoms with Crippen molar-refractivity contribution in [2.45, 2.75) is 10.8 Å². The van der Waals surface area contributed by atoms with Crippen LogP contribution in [0.25, 0.3) is 0 Å². The van der Waals surface area contributed by atoms with Crippen LogP contribution in [0.4, 0.5) is 5.69 Å². The topological polar surface area (TPSA) is 145 Å². The quantitative estimate of drug-likeness (QED) is 0.191. The lowest BCUT2D eigenvalue weighted by atomic mass is 9.97. The monoisotopic (exact) mass is 417 g/mol. The molecule has 0 bridgehead atoms. The van der Waals surface area contributed by atoms with E-state index in [9.17, 15) is 18.0 Å². The van der Waals surface area contributed by atoms with Gasteiger partial charge in [0.2, 0.25) is 0 Å². The molecule has 2 amide bonds. The van der Waals surface area contributed by atoms with E-state index in [0.717, 1.165) is 6.08 Å². The van der Waals surface area contributed by atoms with Crippen molar-refractivity contribution in [3.05, 3.63) is 84.5 Å². The van der Waals surface area contributed by atoms with E-state index in [1.807, 2.05) is 0 Å². The van der Waals surface area contributed by atoms with Gasteiger partial charge in [0.05, 0.1) is 10.8 Å². The van der Waals surface area contributed by atoms with E-state index in [1.165, 1.54) is 48.0 Å². The van der Waals surface area contributed by atoms with Crippen molar-refractivity contribution < 1.29 is 28.4 Å². The molecule has 5 N–H and O–H groups in total. The van der Waals surface area contributed by atoms with E-state index >= 15 is 0 Å². The van der Waals surface area contributed by atoms with Crippen LogP contribution in [0.3, 0.4) is 0 Å². The van der Waals surface area contributed by atoms with Gasteiger partial charge in [-0.2, -0.15) is 0 Å². The molecule has 2 aromatic carbocycles. The van der Waals surface area contributed by atoms with E-state index in [0.29, 0.717) is 5.56 Å². The minimum absolute atomic E-state index is 0.0854. The Morgan fingerprint density at radius 3 is 2.31 bits per heavy atom. The molecule has 9 nitrogen and oxygen atoms in total. The van der Waals surface area contributed by atoms with Gasteiger partial charge in [-0.25, -0.2) is 19.4 Å². The zero-order valence-electron chi connectivity index (χ0n) is 15.0. The van der Waals surface area contributed by atoms with Crippen molar-refractivity contribution in [1.82, 2.24) is 11.0 Å². The zero-order valence-corrected chi connectivity index (χ0v) is 15.8. The number of sulfonamides is 1. The Labute approximate surface area is 167 Å². The number of hydrogen-bond acceptors (Lipinski definition) is 6. The molecule has 0 aliphatic carbocycles. The van der Waals surface area contributed by atoms with Gasteiger partial charge in [0.1, 0.15) is 0 Å². The second kappa shape index (κ2) is 10.2. The molecule has 29 heavy (non-hydrogen) atoms. The third-order valence-electron chi connectivity index (χ3n) is 3.72. The van der Waals surface area contributed by atoms with E-state index in [2.05, 4.69) is 4.72 Å². The Hall–Kier alpha value is -3.47. The minimum atomic E-state index is -3.81. The molecule has 0 saturated carbocycles. The van der Waals surface area contributed by atoms with Crippen LogP contribution in [0.1, 0.15) is 11.5 Å². The standard InChI is InChI=1S/C19H19N3O6S/c23-18(20-25)12-5-4-11-17(19(24)21-26)14-7-6-8-15(13-14)22-29(27,28)16-9-2-1-3-10-16/h1-13,17,22,25-26H,(H,20,23)(H,21,24)/b11-4+,12-5+. The van der Waals surface area contributed by atoms with Crippen molar-refractivity contribution in [1.29, 1.82) is 0 Å². The van der Waals surface area contributed by atoms with Crippen LogP contribution in [-0.4, -0.2) is 30.6 Å². The van der Waals surface area contributed by atoms with E-state index in [1.54, 1.807) is 35.8 Å². The van der Waals surface area contributed by atoms with Crippen molar-refractivity contribution >= 4 is 27.5 Å². The lowest BCUT2D eigenvalue weighted by Crippen LogP contribution is -2.25. The molecule has 2 aromatic rings. The number of allylic oxidation sites excluding steroid dienone is 2. The number of carbonyl (C=O) groups excluding carboxylic acids is 2. The Bertz CT molecular complexity index is 1020. The summed E-state index contributed by atoms with van der Waals surface area (Å²) in [5, 5.41) is 17.4. The van der Waals surface area contributed by atoms with Crippen molar-refractivity contribution in [2.75, 3.05) is 4.72 Å². The maximum atomic E-state index is 12.5. The molecular weight excluding hydrogens is 398 g/mol. The number of rotatable bonds is 8. The van der Waals surface area contributed by atoms with Crippen LogP contribution in [0.15, 0.2) is 83.8 Å². The summed E-state index contributed by atoms with van der Waals surface area (Å²) in [5.41, 5.74) is 3.58. The summed E-state index contributed by atoms with van der Waals surface area (Å²) in [5.74, 6) is -2.48. The van der Waals surface area contributed by atoms with E-state index in [4.69, 9.17) is 10.4 Å². The van der Waals surface area contributed by atoms with Gasteiger partial charge in [-0.15, -0.1) is 0 Å². The molecule has 0 saturated heterocycles. The highest BCUT2D eigenvalue weighted by Gasteiger charge is 2.19. The maximum absolute atomic E-state index is 12.5. The fourth-order valence-corrected chi connectivity index (χ4v) is 3.45. The molecule has 0 fully saturated rings. The van der Waals surface area contributed by atoms with E-state index < -0.39 is 27.8 Å². The highest BCUT2D eigenvalue weighted by molar-refractivity contribution is 7.92. The third kappa shape index (κ3) is 6.28. The molecular formula is C19H19N3O6S. The molecule has 10 heteroatoms. The van der Waals surface area contributed by atoms with E-state index in [-0.39, 0.29) is 10.6 Å². The summed E-state index contributed by atoms with van der Waals surface area (Å²) in [7, 11) is -3.81. The SMILES string of the molecule is O=C(/C=C/C=C/C(C(=O)NO)c1cccc(NS(=O)(=O)c2ccccc2)c1)NO. The highest BCUT2D eigenvalue weighted by Crippen LogP contribution is 2.23. The minimum Gasteiger partial charge on any atom is -0.289 e. The molecule has 0 aromatic heterocycles. The Balaban J connectivity index is 2.28. The summed E-state index contributed by atoms with van der Waals surface area (Å²) >= 11 is 0. The van der Waals surface area contributed by atoms with Crippen LogP contribution in [0.5, 0.6) is 0 Å². The number of hydroxylamine groups is 2. The Kier molecular flexibility index (Phi) is 7.66. The summed E-state index contributed by atoms with van der Waals surface area (Å²) in [6.07, 6.45) is 5.06. The van der Waals surface area contributed by atoms with Gasteiger partial charge in [-0.1, -0.05) is 48.6 Å². The van der Waals surface area contributed by atoms with Crippen LogP contribution < -0.4 is 15.7 Å². The summed E-state index contributed by atoms with van der Waals surface area (Å²) in [6, 6.07) is 13.9. The lowest BCUT2D eigenvalue weighted by molar-refractivity contribution is -0.129. The van der Waals surface area contributed by atoms with Gasteiger partial charge < -0.3 is 0 Å². The Morgan fingerprint density at radius 1 is 0.931 bits per heavy atom. The first kappa shape index (κ1) is 21.8. The largest absolute Gasteiger partial charge is 0.289 e. The maximum Gasteiger partial charge on any atom is 0.267 e. The second-order valence-electron chi connectivity index (χ2n) is 5.72. The predicted octanol–water partition coefficient (Wildman–Crippen LogP) is 1.69. The van der Waals surface area contributed by atoms with Gasteiger partial charge in [-0.3, -0.25) is 24.7 Å². The predicted molar refractivity (Wildman–Crippen MR) is 105 cm³/mol. The zero-order chi connectivity index (χ0) is 21.3. The van der Waals surface area contributed by atoms with Gasteiger partial charge in [0.25, 0.3) is 21.8 Å². The second-order valence-corrected chi connectivity index (χ2v) is 7.40. The van der Waals surface area contributed by atoms with Crippen molar-refractivity contribution in [3.8, 4) is 0 Å². The molecule has 1 atom stereocenters. The molecule has 1 unspecified atom stereocenters. The number of benzene rings is 2. The van der Waals surface area contributed by atoms with Gasteiger partial charge >= 0.3 is 0 Å². The average molecular weight is 417 g/mol. The van der Waals surface area contributed by atoms with Crippen molar-refractivity contribution in [2.24, 2.45) is 0 Å². The summed E-state index contributed by atoms with van der Waals surface area (Å²) < 4.78 is 27.4. The fraction of sp³-hybridized carbons (Fsp3) is 0.0526. The first-order valence-corrected chi connectivity index (χ1v) is 9.76. The molecule has 0 heterocycles. The van der Waals surface area contributed by atoms with Crippen LogP contribution >= 0.6 is 0 Å². The van der Waals surface area contributed by atoms with Crippen LogP contribution in [0.2, 0.25) is 0 Å². The Morgan fingerprint density at radius 2 is 1.66 bits per heavy atom. The summed E-state index contributed by atoms with van der Waals surface area (Å²) in [4.78, 5) is 23.1. The van der Waals surface area contributed by atoms with Crippen molar-refractivity contribution in [3.63, 3.8) is 0 Å². The number of carbonyl (C=O) groups is 2. The first-order valence-electron chi connectivity index (χ1n) is 8.28. The highest BCUT2D eigenvalue weighted by atomic mass is 32.2. The van der Waals surface area contributed by atoms with Crippen LogP contribution in [-0.2, 0) is 19.6 Å². The van der Waals surface area contributed by atoms with Crippen LogP contribution in [0, 0.1) is 0 Å². The normalized spacial score (nSPS) is 12.6. The molecule has 152 valence electrons. The fourth-order valence-electron chi connectivity index (χ4n) is 2.38. The average Bonchev–Trinajstić information content (AvgIpc) is 2.73. The number of anilines is 1. The molecule has 0 radical (unpaired) electrons. The number of hydrogen-bond donors (Lipinski definition) is 5. The molecule has 0 spiro atoms. The third-order valence-corrected chi connectivity index (χ3v) is 5.11. The number of nitrogens with one attached hydrogen (secondary N) is 3. The molecule has 0 aliphatic heterocycles. The van der Waals surface area contributed by atoms with Gasteiger partial charge in [-0.05, 0) is 29.8 Å². The molecule has 0 aliphatic rings. The smallest absolute Gasteiger partial charge is 0.267 e.